The maximum atomic E-state index is 12.4. The molecule has 1 aliphatic heterocycles. The van der Waals surface area contributed by atoms with Gasteiger partial charge < -0.3 is 10.0 Å². The molecule has 1 aromatic rings. The first kappa shape index (κ1) is 15.9. The Morgan fingerprint density at radius 3 is 2.24 bits per heavy atom. The predicted molar refractivity (Wildman–Crippen MR) is 79.8 cm³/mol. The smallest absolute Gasteiger partial charge is 0.362 e. The molecular weight excluding hydrogens is 268 g/mol. The number of likely N-dealkylation sites (tertiary alicyclic amines) is 1. The lowest BCUT2D eigenvalue weighted by Crippen LogP contribution is -2.43. The van der Waals surface area contributed by atoms with E-state index in [0.717, 1.165) is 30.7 Å². The van der Waals surface area contributed by atoms with E-state index in [1.807, 2.05) is 0 Å². The average molecular weight is 294 g/mol. The van der Waals surface area contributed by atoms with Crippen LogP contribution < -0.4 is 0 Å². The summed E-state index contributed by atoms with van der Waals surface area (Å²) < 4.78 is 0. The summed E-state index contributed by atoms with van der Waals surface area (Å²) in [4.78, 5) is 15.3. The van der Waals surface area contributed by atoms with E-state index < -0.39 is 5.60 Å². The minimum atomic E-state index is -1.09. The van der Waals surface area contributed by atoms with Crippen LogP contribution in [0.3, 0.4) is 0 Å². The Morgan fingerprint density at radius 2 is 1.81 bits per heavy atom. The maximum absolute atomic E-state index is 12.4. The Morgan fingerprint density at radius 1 is 1.24 bits per heavy atom. The Labute approximate surface area is 126 Å². The van der Waals surface area contributed by atoms with E-state index in [9.17, 15) is 9.90 Å². The molecule has 6 nitrogen and oxygen atoms in total. The van der Waals surface area contributed by atoms with E-state index in [1.165, 1.54) is 6.20 Å². The van der Waals surface area contributed by atoms with Gasteiger partial charge in [0, 0.05) is 13.1 Å². The van der Waals surface area contributed by atoms with Crippen LogP contribution in [-0.4, -0.2) is 44.1 Å². The number of rotatable bonds is 1. The van der Waals surface area contributed by atoms with Crippen molar-refractivity contribution < 1.29 is 9.90 Å². The third kappa shape index (κ3) is 3.61. The fourth-order valence-electron chi connectivity index (χ4n) is 2.70. The highest BCUT2D eigenvalue weighted by Gasteiger charge is 2.31. The molecule has 118 valence electrons. The van der Waals surface area contributed by atoms with Gasteiger partial charge >= 0.3 is 6.03 Å². The summed E-state index contributed by atoms with van der Waals surface area (Å²) >= 11 is 0. The third-order valence-corrected chi connectivity index (χ3v) is 4.28. The number of amides is 1. The van der Waals surface area contributed by atoms with Gasteiger partial charge in [-0.2, -0.15) is 5.10 Å². The lowest BCUT2D eigenvalue weighted by molar-refractivity contribution is 0.0730. The SMILES string of the molecule is CC(C)(O)c1cnn(C(=O)N2CCC(C(C)(C)C)CC2)n1. The number of aromatic nitrogens is 3. The molecule has 0 aromatic carbocycles. The number of hydrogen-bond acceptors (Lipinski definition) is 4. The first-order valence-electron chi connectivity index (χ1n) is 7.53. The van der Waals surface area contributed by atoms with Gasteiger partial charge in [-0.25, -0.2) is 4.79 Å². The summed E-state index contributed by atoms with van der Waals surface area (Å²) in [5.41, 5.74) is -0.397. The van der Waals surface area contributed by atoms with Crippen LogP contribution in [-0.2, 0) is 5.60 Å². The summed E-state index contributed by atoms with van der Waals surface area (Å²) in [6.45, 7) is 11.5. The van der Waals surface area contributed by atoms with Crippen molar-refractivity contribution in [3.8, 4) is 0 Å². The molecule has 1 aromatic heterocycles. The van der Waals surface area contributed by atoms with Crippen LogP contribution in [0.15, 0.2) is 6.20 Å². The van der Waals surface area contributed by atoms with Crippen LogP contribution in [0.1, 0.15) is 53.2 Å². The summed E-state index contributed by atoms with van der Waals surface area (Å²) in [5.74, 6) is 0.638. The number of piperidine rings is 1. The lowest BCUT2D eigenvalue weighted by atomic mass is 9.75. The van der Waals surface area contributed by atoms with E-state index >= 15 is 0 Å². The zero-order valence-corrected chi connectivity index (χ0v) is 13.6. The van der Waals surface area contributed by atoms with Gasteiger partial charge in [-0.1, -0.05) is 25.6 Å². The summed E-state index contributed by atoms with van der Waals surface area (Å²) in [5, 5.41) is 17.9. The standard InChI is InChI=1S/C15H26N4O2/c1-14(2,3)11-6-8-18(9-7-11)13(20)19-16-10-12(17-19)15(4,5)21/h10-11,21H,6-9H2,1-5H3. The lowest BCUT2D eigenvalue weighted by Gasteiger charge is -2.38. The second-order valence-corrected chi connectivity index (χ2v) is 7.49. The van der Waals surface area contributed by atoms with Gasteiger partial charge in [-0.05, 0) is 38.0 Å². The zero-order valence-electron chi connectivity index (χ0n) is 13.6. The van der Waals surface area contributed by atoms with Crippen molar-refractivity contribution in [1.29, 1.82) is 0 Å². The van der Waals surface area contributed by atoms with Crippen LogP contribution in [0.2, 0.25) is 0 Å². The van der Waals surface area contributed by atoms with E-state index in [4.69, 9.17) is 0 Å². The van der Waals surface area contributed by atoms with Crippen molar-refractivity contribution in [1.82, 2.24) is 19.9 Å². The molecule has 6 heteroatoms. The molecule has 21 heavy (non-hydrogen) atoms. The fraction of sp³-hybridized carbons (Fsp3) is 0.800. The molecule has 2 heterocycles. The molecule has 2 rings (SSSR count). The van der Waals surface area contributed by atoms with Crippen molar-refractivity contribution in [2.24, 2.45) is 11.3 Å². The van der Waals surface area contributed by atoms with Gasteiger partial charge in [0.25, 0.3) is 0 Å². The molecule has 0 bridgehead atoms. The quantitative estimate of drug-likeness (QED) is 0.862. The molecule has 1 amide bonds. The van der Waals surface area contributed by atoms with Crippen molar-refractivity contribution in [3.05, 3.63) is 11.9 Å². The zero-order chi connectivity index (χ0) is 15.8. The van der Waals surface area contributed by atoms with Gasteiger partial charge in [0.2, 0.25) is 0 Å². The van der Waals surface area contributed by atoms with Crippen LogP contribution >= 0.6 is 0 Å². The minimum absolute atomic E-state index is 0.210. The Bertz CT molecular complexity index is 502. The Balaban J connectivity index is 2.01. The second kappa shape index (κ2) is 5.40. The van der Waals surface area contributed by atoms with Gasteiger partial charge in [0.05, 0.1) is 6.20 Å². The van der Waals surface area contributed by atoms with Crippen molar-refractivity contribution in [3.63, 3.8) is 0 Å². The molecule has 1 aliphatic rings. The van der Waals surface area contributed by atoms with E-state index in [-0.39, 0.29) is 11.4 Å². The van der Waals surface area contributed by atoms with Gasteiger partial charge in [0.15, 0.2) is 0 Å². The maximum Gasteiger partial charge on any atom is 0.362 e. The highest BCUT2D eigenvalue weighted by Crippen LogP contribution is 2.34. The second-order valence-electron chi connectivity index (χ2n) is 7.49. The molecule has 1 N–H and O–H groups in total. The van der Waals surface area contributed by atoms with Gasteiger partial charge in [0.1, 0.15) is 11.3 Å². The molecular formula is C15H26N4O2. The van der Waals surface area contributed by atoms with Crippen molar-refractivity contribution >= 4 is 6.03 Å². The normalized spacial score (nSPS) is 18.1. The first-order chi connectivity index (χ1) is 9.59. The average Bonchev–Trinajstić information content (AvgIpc) is 2.86. The van der Waals surface area contributed by atoms with Crippen LogP contribution in [0.25, 0.3) is 0 Å². The molecule has 1 saturated heterocycles. The molecule has 0 saturated carbocycles. The Kier molecular flexibility index (Phi) is 4.10. The van der Waals surface area contributed by atoms with E-state index in [1.54, 1.807) is 18.7 Å². The summed E-state index contributed by atoms with van der Waals surface area (Å²) in [7, 11) is 0. The summed E-state index contributed by atoms with van der Waals surface area (Å²) in [6.07, 6.45) is 3.46. The predicted octanol–water partition coefficient (Wildman–Crippen LogP) is 2.23. The van der Waals surface area contributed by atoms with E-state index in [0.29, 0.717) is 11.6 Å². The molecule has 0 atom stereocenters. The van der Waals surface area contributed by atoms with E-state index in [2.05, 4.69) is 31.0 Å². The van der Waals surface area contributed by atoms with Gasteiger partial charge in [-0.15, -0.1) is 5.10 Å². The highest BCUT2D eigenvalue weighted by molar-refractivity contribution is 5.74. The number of aliphatic hydroxyl groups is 1. The monoisotopic (exact) mass is 294 g/mol. The van der Waals surface area contributed by atoms with Crippen LogP contribution in [0.5, 0.6) is 0 Å². The molecule has 0 aliphatic carbocycles. The first-order valence-corrected chi connectivity index (χ1v) is 7.53. The largest absolute Gasteiger partial charge is 0.384 e. The van der Waals surface area contributed by atoms with Gasteiger partial charge in [-0.3, -0.25) is 0 Å². The number of carbonyl (C=O) groups is 1. The summed E-state index contributed by atoms with van der Waals surface area (Å²) in [6, 6.07) is -0.210. The minimum Gasteiger partial charge on any atom is -0.384 e. The van der Waals surface area contributed by atoms with Crippen molar-refractivity contribution in [2.45, 2.75) is 53.1 Å². The Hall–Kier alpha value is -1.43. The van der Waals surface area contributed by atoms with Crippen LogP contribution in [0, 0.1) is 11.3 Å². The number of nitrogens with zero attached hydrogens (tertiary/aromatic N) is 4. The molecule has 0 spiro atoms. The highest BCUT2D eigenvalue weighted by atomic mass is 16.3. The van der Waals surface area contributed by atoms with Crippen molar-refractivity contribution in [2.75, 3.05) is 13.1 Å². The molecule has 1 fully saturated rings. The molecule has 0 radical (unpaired) electrons. The topological polar surface area (TPSA) is 71.2 Å². The fourth-order valence-corrected chi connectivity index (χ4v) is 2.70. The molecule has 0 unspecified atom stereocenters. The number of hydrogen-bond donors (Lipinski definition) is 1. The number of carbonyl (C=O) groups excluding carboxylic acids is 1. The van der Waals surface area contributed by atoms with Crippen LogP contribution in [0.4, 0.5) is 4.79 Å². The third-order valence-electron chi connectivity index (χ3n) is 4.28.